The predicted molar refractivity (Wildman–Crippen MR) is 128 cm³/mol. The van der Waals surface area contributed by atoms with Crippen molar-refractivity contribution in [3.63, 3.8) is 0 Å². The number of aryl methyl sites for hydroxylation is 2. The van der Waals surface area contributed by atoms with Gasteiger partial charge in [-0.05, 0) is 44.1 Å². The SMILES string of the molecule is CCNC(=NCc1csc(CCc2ccccc2)n1)NCCCOCC1CCOCC1. The van der Waals surface area contributed by atoms with E-state index in [9.17, 15) is 0 Å². The second-order valence-corrected chi connectivity index (χ2v) is 8.77. The number of nitrogens with one attached hydrogen (secondary N) is 2. The molecule has 2 heterocycles. The molecule has 1 aliphatic rings. The third-order valence-corrected chi connectivity index (χ3v) is 6.22. The van der Waals surface area contributed by atoms with Crippen LogP contribution in [0.1, 0.15) is 42.5 Å². The maximum atomic E-state index is 5.84. The van der Waals surface area contributed by atoms with Crippen molar-refractivity contribution >= 4 is 17.3 Å². The first-order chi connectivity index (χ1) is 15.3. The van der Waals surface area contributed by atoms with Crippen LogP contribution in [0.5, 0.6) is 0 Å². The number of nitrogens with zero attached hydrogens (tertiary/aromatic N) is 2. The smallest absolute Gasteiger partial charge is 0.191 e. The quantitative estimate of drug-likeness (QED) is 0.296. The molecule has 1 aromatic heterocycles. The molecule has 0 atom stereocenters. The number of guanidine groups is 1. The number of aromatic nitrogens is 1. The number of thiazole rings is 1. The van der Waals surface area contributed by atoms with Crippen LogP contribution in [0, 0.1) is 5.92 Å². The van der Waals surface area contributed by atoms with Gasteiger partial charge in [0.1, 0.15) is 0 Å². The van der Waals surface area contributed by atoms with Crippen molar-refractivity contribution in [2.75, 3.05) is 39.5 Å². The van der Waals surface area contributed by atoms with Gasteiger partial charge in [0.25, 0.3) is 0 Å². The molecular weight excluding hydrogens is 408 g/mol. The van der Waals surface area contributed by atoms with E-state index in [0.29, 0.717) is 12.5 Å². The van der Waals surface area contributed by atoms with E-state index in [1.54, 1.807) is 11.3 Å². The highest BCUT2D eigenvalue weighted by Crippen LogP contribution is 2.15. The first kappa shape index (κ1) is 23.7. The second-order valence-electron chi connectivity index (χ2n) is 7.82. The van der Waals surface area contributed by atoms with Crippen molar-refractivity contribution in [1.82, 2.24) is 15.6 Å². The first-order valence-corrected chi connectivity index (χ1v) is 12.4. The topological polar surface area (TPSA) is 67.8 Å². The average Bonchev–Trinajstić information content (AvgIpc) is 3.27. The molecule has 1 aliphatic heterocycles. The summed E-state index contributed by atoms with van der Waals surface area (Å²) in [5, 5.41) is 10.0. The number of hydrogen-bond donors (Lipinski definition) is 2. The van der Waals surface area contributed by atoms with Gasteiger partial charge in [0.2, 0.25) is 0 Å². The lowest BCUT2D eigenvalue weighted by Crippen LogP contribution is -2.38. The van der Waals surface area contributed by atoms with E-state index in [0.717, 1.165) is 83.3 Å². The minimum atomic E-state index is 0.595. The molecule has 0 aliphatic carbocycles. The molecule has 6 nitrogen and oxygen atoms in total. The molecule has 0 bridgehead atoms. The van der Waals surface area contributed by atoms with Gasteiger partial charge in [0.15, 0.2) is 5.96 Å². The zero-order valence-corrected chi connectivity index (χ0v) is 19.5. The summed E-state index contributed by atoms with van der Waals surface area (Å²) in [6.45, 7) is 7.76. The molecule has 2 N–H and O–H groups in total. The van der Waals surface area contributed by atoms with Gasteiger partial charge in [-0.15, -0.1) is 11.3 Å². The zero-order chi connectivity index (χ0) is 21.6. The van der Waals surface area contributed by atoms with Gasteiger partial charge in [0.05, 0.1) is 17.2 Å². The van der Waals surface area contributed by atoms with Crippen LogP contribution in [0.15, 0.2) is 40.7 Å². The molecule has 0 amide bonds. The van der Waals surface area contributed by atoms with Gasteiger partial charge >= 0.3 is 0 Å². The van der Waals surface area contributed by atoms with Crippen LogP contribution in [0.4, 0.5) is 0 Å². The van der Waals surface area contributed by atoms with Gasteiger partial charge < -0.3 is 20.1 Å². The van der Waals surface area contributed by atoms with Crippen LogP contribution in [0.25, 0.3) is 0 Å². The maximum Gasteiger partial charge on any atom is 0.191 e. The van der Waals surface area contributed by atoms with E-state index in [4.69, 9.17) is 19.5 Å². The molecule has 2 aromatic rings. The van der Waals surface area contributed by atoms with Gasteiger partial charge in [-0.1, -0.05) is 30.3 Å². The second kappa shape index (κ2) is 14.2. The van der Waals surface area contributed by atoms with Gasteiger partial charge in [-0.3, -0.25) is 0 Å². The Bertz CT molecular complexity index is 760. The molecule has 0 spiro atoms. The third-order valence-electron chi connectivity index (χ3n) is 5.27. The Morgan fingerprint density at radius 3 is 2.84 bits per heavy atom. The molecule has 0 saturated carbocycles. The van der Waals surface area contributed by atoms with Crippen molar-refractivity contribution in [2.24, 2.45) is 10.9 Å². The minimum absolute atomic E-state index is 0.595. The summed E-state index contributed by atoms with van der Waals surface area (Å²) in [7, 11) is 0. The Kier molecular flexibility index (Phi) is 10.8. The molecule has 170 valence electrons. The average molecular weight is 445 g/mol. The Morgan fingerprint density at radius 2 is 2.03 bits per heavy atom. The van der Waals surface area contributed by atoms with Crippen LogP contribution < -0.4 is 10.6 Å². The zero-order valence-electron chi connectivity index (χ0n) is 18.6. The van der Waals surface area contributed by atoms with E-state index in [2.05, 4.69) is 53.3 Å². The highest BCUT2D eigenvalue weighted by Gasteiger charge is 2.13. The Morgan fingerprint density at radius 1 is 1.19 bits per heavy atom. The summed E-state index contributed by atoms with van der Waals surface area (Å²) in [6.07, 6.45) is 5.22. The van der Waals surface area contributed by atoms with Crippen molar-refractivity contribution in [2.45, 2.75) is 45.6 Å². The normalized spacial score (nSPS) is 15.2. The van der Waals surface area contributed by atoms with Crippen molar-refractivity contribution in [1.29, 1.82) is 0 Å². The van der Waals surface area contributed by atoms with E-state index < -0.39 is 0 Å². The largest absolute Gasteiger partial charge is 0.381 e. The van der Waals surface area contributed by atoms with Crippen LogP contribution in [0.2, 0.25) is 0 Å². The molecule has 1 aromatic carbocycles. The molecule has 1 fully saturated rings. The maximum absolute atomic E-state index is 5.84. The fourth-order valence-electron chi connectivity index (χ4n) is 3.48. The van der Waals surface area contributed by atoms with E-state index >= 15 is 0 Å². The van der Waals surface area contributed by atoms with Crippen LogP contribution in [-0.2, 0) is 28.9 Å². The fourth-order valence-corrected chi connectivity index (χ4v) is 4.27. The lowest BCUT2D eigenvalue weighted by Gasteiger charge is -2.21. The minimum Gasteiger partial charge on any atom is -0.381 e. The Hall–Kier alpha value is -1.96. The summed E-state index contributed by atoms with van der Waals surface area (Å²) in [5.74, 6) is 1.50. The number of hydrogen-bond acceptors (Lipinski definition) is 5. The Balaban J connectivity index is 1.33. The Labute approximate surface area is 190 Å². The lowest BCUT2D eigenvalue weighted by atomic mass is 10.0. The highest BCUT2D eigenvalue weighted by atomic mass is 32.1. The molecule has 0 radical (unpaired) electrons. The number of rotatable bonds is 12. The molecule has 0 unspecified atom stereocenters. The highest BCUT2D eigenvalue weighted by molar-refractivity contribution is 7.09. The van der Waals surface area contributed by atoms with Crippen molar-refractivity contribution in [3.8, 4) is 0 Å². The predicted octanol–water partition coefficient (Wildman–Crippen LogP) is 3.82. The van der Waals surface area contributed by atoms with Crippen molar-refractivity contribution < 1.29 is 9.47 Å². The van der Waals surface area contributed by atoms with E-state index in [1.165, 1.54) is 10.6 Å². The molecule has 1 saturated heterocycles. The standard InChI is InChI=1S/C24H36N4O2S/c1-2-25-24(26-13-6-14-30-18-21-11-15-29-16-12-21)27-17-22-19-31-23(28-22)10-9-20-7-4-3-5-8-20/h3-5,7-8,19,21H,2,6,9-18H2,1H3,(H2,25,26,27). The van der Waals surface area contributed by atoms with Gasteiger partial charge in [-0.2, -0.15) is 0 Å². The molecular formula is C24H36N4O2S. The number of aliphatic imine (C=N–C) groups is 1. The molecule has 3 rings (SSSR count). The summed E-state index contributed by atoms with van der Waals surface area (Å²) >= 11 is 1.73. The molecule has 7 heteroatoms. The van der Waals surface area contributed by atoms with Crippen LogP contribution in [0.3, 0.4) is 0 Å². The number of benzene rings is 1. The summed E-state index contributed by atoms with van der Waals surface area (Å²) < 4.78 is 11.2. The third kappa shape index (κ3) is 9.37. The van der Waals surface area contributed by atoms with E-state index in [1.807, 2.05) is 0 Å². The van der Waals surface area contributed by atoms with Crippen molar-refractivity contribution in [3.05, 3.63) is 52.0 Å². The number of ether oxygens (including phenoxy) is 2. The summed E-state index contributed by atoms with van der Waals surface area (Å²) in [5.41, 5.74) is 2.39. The fraction of sp³-hybridized carbons (Fsp3) is 0.583. The monoisotopic (exact) mass is 444 g/mol. The van der Waals surface area contributed by atoms with Gasteiger partial charge in [0, 0.05) is 51.3 Å². The molecule has 31 heavy (non-hydrogen) atoms. The van der Waals surface area contributed by atoms with Gasteiger partial charge in [-0.25, -0.2) is 9.98 Å². The van der Waals surface area contributed by atoms with E-state index in [-0.39, 0.29) is 0 Å². The lowest BCUT2D eigenvalue weighted by molar-refractivity contribution is 0.0203. The van der Waals surface area contributed by atoms with Crippen LogP contribution in [-0.4, -0.2) is 50.5 Å². The summed E-state index contributed by atoms with van der Waals surface area (Å²) in [6, 6.07) is 10.6. The first-order valence-electron chi connectivity index (χ1n) is 11.5. The summed E-state index contributed by atoms with van der Waals surface area (Å²) in [4.78, 5) is 9.44. The van der Waals surface area contributed by atoms with Crippen LogP contribution >= 0.6 is 11.3 Å².